The van der Waals surface area contributed by atoms with Crippen molar-refractivity contribution in [2.45, 2.75) is 320 Å². The van der Waals surface area contributed by atoms with Crippen LogP contribution in [0.15, 0.2) is 72.9 Å². The van der Waals surface area contributed by atoms with Crippen LogP contribution in [0.1, 0.15) is 277 Å². The van der Waals surface area contributed by atoms with Gasteiger partial charge in [0.15, 0.2) is 6.29 Å². The number of allylic oxidation sites excluding steroid dienone is 11. The lowest BCUT2D eigenvalue weighted by atomic mass is 9.99. The number of carbonyl (C=O) groups is 1. The Hall–Kier alpha value is -2.37. The molecule has 7 unspecified atom stereocenters. The third kappa shape index (κ3) is 42.7. The van der Waals surface area contributed by atoms with E-state index in [0.29, 0.717) is 6.42 Å². The molecule has 1 heterocycles. The topological polar surface area (TPSA) is 149 Å². The second-order valence-electron chi connectivity index (χ2n) is 21.5. The first-order chi connectivity index (χ1) is 36.3. The van der Waals surface area contributed by atoms with E-state index in [1.54, 1.807) is 6.08 Å². The van der Waals surface area contributed by atoms with Gasteiger partial charge in [0.1, 0.15) is 24.4 Å². The number of hydrogen-bond donors (Lipinski definition) is 6. The average molecular weight is 1040 g/mol. The van der Waals surface area contributed by atoms with Crippen molar-refractivity contribution in [1.82, 2.24) is 5.32 Å². The van der Waals surface area contributed by atoms with Crippen LogP contribution in [-0.2, 0) is 14.3 Å². The van der Waals surface area contributed by atoms with Crippen molar-refractivity contribution in [1.29, 1.82) is 0 Å². The number of hydrogen-bond acceptors (Lipinski definition) is 8. The summed E-state index contributed by atoms with van der Waals surface area (Å²) >= 11 is 0. The molecular weight excluding hydrogens is 923 g/mol. The monoisotopic (exact) mass is 1040 g/mol. The lowest BCUT2D eigenvalue weighted by molar-refractivity contribution is -0.302. The summed E-state index contributed by atoms with van der Waals surface area (Å²) in [6, 6.07) is -0.823. The highest BCUT2D eigenvalue weighted by molar-refractivity contribution is 5.76. The van der Waals surface area contributed by atoms with Crippen molar-refractivity contribution >= 4 is 5.91 Å². The second-order valence-corrected chi connectivity index (χ2v) is 21.5. The van der Waals surface area contributed by atoms with Crippen LogP contribution in [0, 0.1) is 0 Å². The van der Waals surface area contributed by atoms with Gasteiger partial charge in [-0.05, 0) is 70.6 Å². The fourth-order valence-electron chi connectivity index (χ4n) is 9.64. The zero-order valence-corrected chi connectivity index (χ0v) is 47.8. The minimum absolute atomic E-state index is 0.184. The molecule has 0 bridgehead atoms. The molecule has 0 aliphatic carbocycles. The molecule has 0 spiro atoms. The van der Waals surface area contributed by atoms with E-state index >= 15 is 0 Å². The zero-order chi connectivity index (χ0) is 53.6. The summed E-state index contributed by atoms with van der Waals surface area (Å²) in [6.45, 7) is 3.67. The Balaban J connectivity index is 2.15. The van der Waals surface area contributed by atoms with Crippen LogP contribution in [0.2, 0.25) is 0 Å². The second kappa shape index (κ2) is 54.0. The minimum Gasteiger partial charge on any atom is -0.394 e. The number of unbranched alkanes of at least 4 members (excludes halogenated alkanes) is 33. The molecular formula is C65H117NO8. The van der Waals surface area contributed by atoms with Gasteiger partial charge in [-0.3, -0.25) is 4.79 Å². The lowest BCUT2D eigenvalue weighted by Crippen LogP contribution is -2.60. The molecule has 0 saturated carbocycles. The van der Waals surface area contributed by atoms with E-state index < -0.39 is 49.5 Å². The molecule has 9 heteroatoms. The summed E-state index contributed by atoms with van der Waals surface area (Å²) in [5.41, 5.74) is 0. The number of amides is 1. The van der Waals surface area contributed by atoms with E-state index in [-0.39, 0.29) is 12.5 Å². The Morgan fingerprint density at radius 1 is 0.473 bits per heavy atom. The predicted molar refractivity (Wildman–Crippen MR) is 313 cm³/mol. The highest BCUT2D eigenvalue weighted by atomic mass is 16.7. The molecule has 1 fully saturated rings. The smallest absolute Gasteiger partial charge is 0.220 e. The number of ether oxygens (including phenoxy) is 2. The van der Waals surface area contributed by atoms with Gasteiger partial charge in [0.05, 0.1) is 25.4 Å². The summed E-state index contributed by atoms with van der Waals surface area (Å²) in [5, 5.41) is 54.5. The summed E-state index contributed by atoms with van der Waals surface area (Å²) in [5.74, 6) is -0.184. The van der Waals surface area contributed by atoms with Gasteiger partial charge in [-0.1, -0.05) is 273 Å². The van der Waals surface area contributed by atoms with Crippen LogP contribution in [0.3, 0.4) is 0 Å². The highest BCUT2D eigenvalue weighted by Crippen LogP contribution is 2.23. The molecule has 1 amide bonds. The van der Waals surface area contributed by atoms with Gasteiger partial charge in [-0.15, -0.1) is 0 Å². The summed E-state index contributed by atoms with van der Waals surface area (Å²) < 4.78 is 11.3. The molecule has 0 aromatic rings. The van der Waals surface area contributed by atoms with Gasteiger partial charge < -0.3 is 40.3 Å². The molecule has 0 aromatic heterocycles. The van der Waals surface area contributed by atoms with Crippen LogP contribution < -0.4 is 5.32 Å². The fourth-order valence-corrected chi connectivity index (χ4v) is 9.64. The summed E-state index contributed by atoms with van der Waals surface area (Å²) in [4.78, 5) is 13.1. The van der Waals surface area contributed by atoms with Crippen molar-refractivity contribution in [3.63, 3.8) is 0 Å². The zero-order valence-electron chi connectivity index (χ0n) is 47.8. The predicted octanol–water partition coefficient (Wildman–Crippen LogP) is 16.0. The number of carbonyl (C=O) groups excluding carboxylic acids is 1. The normalized spacial score (nSPS) is 19.5. The molecule has 1 rings (SSSR count). The van der Waals surface area contributed by atoms with E-state index in [9.17, 15) is 30.3 Å². The van der Waals surface area contributed by atoms with Crippen LogP contribution in [0.25, 0.3) is 0 Å². The summed E-state index contributed by atoms with van der Waals surface area (Å²) in [6.07, 6.45) is 68.4. The molecule has 7 atom stereocenters. The van der Waals surface area contributed by atoms with Gasteiger partial charge in [-0.25, -0.2) is 0 Å². The average Bonchev–Trinajstić information content (AvgIpc) is 3.40. The molecule has 1 aliphatic rings. The third-order valence-electron chi connectivity index (χ3n) is 14.5. The maximum absolute atomic E-state index is 13.1. The first-order valence-corrected chi connectivity index (χ1v) is 31.2. The SMILES string of the molecule is CC/C=C\C/C=C\C/C=C\C/C=C\CCCCCCCCCCCCCCCCCCCCCCC(=O)NC(COC1OC(CO)C(O)C(O)C1O)C(O)/C=C/CC/C=C/CCCCCCCCCCCCCC. The van der Waals surface area contributed by atoms with Gasteiger partial charge in [0.2, 0.25) is 5.91 Å². The third-order valence-corrected chi connectivity index (χ3v) is 14.5. The number of aliphatic hydroxyl groups is 5. The Kier molecular flexibility index (Phi) is 50.8. The van der Waals surface area contributed by atoms with Crippen LogP contribution in [0.5, 0.6) is 0 Å². The first-order valence-electron chi connectivity index (χ1n) is 31.2. The van der Waals surface area contributed by atoms with Gasteiger partial charge >= 0.3 is 0 Å². The van der Waals surface area contributed by atoms with Crippen molar-refractivity contribution in [2.75, 3.05) is 13.2 Å². The largest absolute Gasteiger partial charge is 0.394 e. The molecule has 0 radical (unpaired) electrons. The van der Waals surface area contributed by atoms with E-state index in [1.165, 1.54) is 193 Å². The quantitative estimate of drug-likeness (QED) is 0.0261. The number of rotatable bonds is 53. The molecule has 430 valence electrons. The highest BCUT2D eigenvalue weighted by Gasteiger charge is 2.44. The number of aliphatic hydroxyl groups excluding tert-OH is 5. The maximum Gasteiger partial charge on any atom is 0.220 e. The van der Waals surface area contributed by atoms with E-state index in [1.807, 2.05) is 6.08 Å². The molecule has 6 N–H and O–H groups in total. The molecule has 74 heavy (non-hydrogen) atoms. The van der Waals surface area contributed by atoms with E-state index in [4.69, 9.17) is 9.47 Å². The van der Waals surface area contributed by atoms with Crippen molar-refractivity contribution in [3.05, 3.63) is 72.9 Å². The van der Waals surface area contributed by atoms with Crippen LogP contribution >= 0.6 is 0 Å². The fraction of sp³-hybridized carbons (Fsp3) is 0.800. The maximum atomic E-state index is 13.1. The van der Waals surface area contributed by atoms with Gasteiger partial charge in [0.25, 0.3) is 0 Å². The van der Waals surface area contributed by atoms with Gasteiger partial charge in [0, 0.05) is 6.42 Å². The Labute approximate surface area is 455 Å². The minimum atomic E-state index is -1.57. The van der Waals surface area contributed by atoms with Crippen LogP contribution in [0.4, 0.5) is 0 Å². The molecule has 0 aromatic carbocycles. The number of nitrogens with one attached hydrogen (secondary N) is 1. The Bertz CT molecular complexity index is 1390. The standard InChI is InChI=1S/C65H117NO8/c1-3-5-7-9-11-13-15-17-19-21-23-24-25-26-27-28-29-30-31-32-33-34-35-36-37-39-41-43-45-47-49-51-53-55-61(69)66-58(57-73-65-64(72)63(71)62(70)60(56-67)74-65)59(68)54-52-50-48-46-44-42-40-38-22-20-18-16-14-12-10-8-6-4-2/h5,7,11,13,17,19,23-24,44,46,52,54,58-60,62-65,67-68,70-72H,3-4,6,8-10,12,14-16,18,20-22,25-43,45,47-51,53,55-57H2,1-2H3,(H,66,69)/b7-5-,13-11-,19-17-,24-23-,46-44+,54-52+. The van der Waals surface area contributed by atoms with Crippen molar-refractivity contribution in [2.24, 2.45) is 0 Å². The van der Waals surface area contributed by atoms with Crippen LogP contribution in [-0.4, -0.2) is 87.5 Å². The Morgan fingerprint density at radius 2 is 0.851 bits per heavy atom. The van der Waals surface area contributed by atoms with Gasteiger partial charge in [-0.2, -0.15) is 0 Å². The first kappa shape index (κ1) is 69.6. The summed E-state index contributed by atoms with van der Waals surface area (Å²) in [7, 11) is 0. The molecule has 1 aliphatic heterocycles. The van der Waals surface area contributed by atoms with E-state index in [0.717, 1.165) is 64.2 Å². The lowest BCUT2D eigenvalue weighted by Gasteiger charge is -2.40. The van der Waals surface area contributed by atoms with Crippen molar-refractivity contribution in [3.8, 4) is 0 Å². The van der Waals surface area contributed by atoms with E-state index in [2.05, 4.69) is 79.9 Å². The van der Waals surface area contributed by atoms with Crippen molar-refractivity contribution < 1.29 is 39.8 Å². The molecule has 9 nitrogen and oxygen atoms in total. The molecule has 1 saturated heterocycles. The Morgan fingerprint density at radius 3 is 1.30 bits per heavy atom.